The van der Waals surface area contributed by atoms with Gasteiger partial charge >= 0.3 is 0 Å². The van der Waals surface area contributed by atoms with Gasteiger partial charge < -0.3 is 10.3 Å². The molecule has 1 aromatic carbocycles. The predicted molar refractivity (Wildman–Crippen MR) is 81.2 cm³/mol. The van der Waals surface area contributed by atoms with E-state index in [1.165, 1.54) is 23.4 Å². The maximum absolute atomic E-state index is 5.80. The molecule has 0 amide bonds. The van der Waals surface area contributed by atoms with E-state index in [2.05, 4.69) is 36.4 Å². The maximum Gasteiger partial charge on any atom is 0.106 e. The van der Waals surface area contributed by atoms with E-state index in [-0.39, 0.29) is 0 Å². The van der Waals surface area contributed by atoms with E-state index in [1.807, 2.05) is 23.9 Å². The molecule has 0 aliphatic heterocycles. The van der Waals surface area contributed by atoms with Crippen LogP contribution in [0.25, 0.3) is 11.0 Å². The first kappa shape index (κ1) is 13.3. The number of aromatic nitrogens is 2. The van der Waals surface area contributed by atoms with Crippen molar-refractivity contribution in [2.75, 3.05) is 17.2 Å². The van der Waals surface area contributed by atoms with E-state index in [4.69, 9.17) is 5.73 Å². The summed E-state index contributed by atoms with van der Waals surface area (Å²) in [5.41, 5.74) is 8.78. The van der Waals surface area contributed by atoms with Crippen LogP contribution in [0.3, 0.4) is 0 Å². The van der Waals surface area contributed by atoms with Gasteiger partial charge in [-0.15, -0.1) is 0 Å². The normalized spacial score (nSPS) is 13.1. The van der Waals surface area contributed by atoms with E-state index in [0.29, 0.717) is 6.04 Å². The van der Waals surface area contributed by atoms with Crippen LogP contribution in [0.4, 0.5) is 5.69 Å². The molecule has 0 saturated carbocycles. The van der Waals surface area contributed by atoms with Gasteiger partial charge in [-0.05, 0) is 50.0 Å². The summed E-state index contributed by atoms with van der Waals surface area (Å²) in [5, 5.41) is 0. The highest BCUT2D eigenvalue weighted by molar-refractivity contribution is 7.99. The first-order chi connectivity index (χ1) is 8.63. The van der Waals surface area contributed by atoms with Crippen LogP contribution in [0.15, 0.2) is 18.2 Å². The third-order valence-electron chi connectivity index (χ3n) is 3.21. The molecule has 0 radical (unpaired) electrons. The topological polar surface area (TPSA) is 43.8 Å². The fraction of sp³-hybridized carbons (Fsp3) is 0.500. The first-order valence-electron chi connectivity index (χ1n) is 6.45. The van der Waals surface area contributed by atoms with Gasteiger partial charge in [0, 0.05) is 11.7 Å². The Morgan fingerprint density at radius 3 is 2.94 bits per heavy atom. The second-order valence-corrected chi connectivity index (χ2v) is 6.01. The molecule has 2 N–H and O–H groups in total. The summed E-state index contributed by atoms with van der Waals surface area (Å²) < 4.78 is 2.32. The highest BCUT2D eigenvalue weighted by atomic mass is 32.2. The molecule has 0 fully saturated rings. The molecule has 1 aromatic heterocycles. The quantitative estimate of drug-likeness (QED) is 0.661. The van der Waals surface area contributed by atoms with Crippen LogP contribution < -0.4 is 5.73 Å². The Labute approximate surface area is 113 Å². The molecule has 2 aromatic rings. The molecule has 18 heavy (non-hydrogen) atoms. The minimum absolute atomic E-state index is 0.484. The van der Waals surface area contributed by atoms with Crippen LogP contribution in [0, 0.1) is 6.92 Å². The van der Waals surface area contributed by atoms with Gasteiger partial charge in [0.25, 0.3) is 0 Å². The van der Waals surface area contributed by atoms with E-state index in [1.54, 1.807) is 0 Å². The lowest BCUT2D eigenvalue weighted by Crippen LogP contribution is -2.08. The van der Waals surface area contributed by atoms with E-state index in [0.717, 1.165) is 17.0 Å². The minimum atomic E-state index is 0.484. The second kappa shape index (κ2) is 5.65. The van der Waals surface area contributed by atoms with Gasteiger partial charge in [0.05, 0.1) is 11.0 Å². The van der Waals surface area contributed by atoms with Gasteiger partial charge in [-0.3, -0.25) is 0 Å². The molecule has 0 aliphatic carbocycles. The van der Waals surface area contributed by atoms with Crippen molar-refractivity contribution in [2.45, 2.75) is 33.2 Å². The summed E-state index contributed by atoms with van der Waals surface area (Å²) in [6.07, 6.45) is 1.18. The van der Waals surface area contributed by atoms with Gasteiger partial charge in [0.2, 0.25) is 0 Å². The summed E-state index contributed by atoms with van der Waals surface area (Å²) in [6, 6.07) is 6.46. The molecule has 1 unspecified atom stereocenters. The summed E-state index contributed by atoms with van der Waals surface area (Å²) in [7, 11) is 0. The first-order valence-corrected chi connectivity index (χ1v) is 7.60. The number of aryl methyl sites for hydroxylation is 1. The van der Waals surface area contributed by atoms with E-state index < -0.39 is 0 Å². The zero-order valence-electron chi connectivity index (χ0n) is 11.3. The van der Waals surface area contributed by atoms with Crippen LogP contribution in [0.2, 0.25) is 0 Å². The minimum Gasteiger partial charge on any atom is -0.399 e. The molecule has 4 heteroatoms. The molecule has 3 nitrogen and oxygen atoms in total. The lowest BCUT2D eigenvalue weighted by atomic mass is 10.2. The summed E-state index contributed by atoms with van der Waals surface area (Å²) in [4.78, 5) is 4.60. The highest BCUT2D eigenvalue weighted by Crippen LogP contribution is 2.25. The number of hydrogen-bond donors (Lipinski definition) is 1. The molecular formula is C14H21N3S. The van der Waals surface area contributed by atoms with Gasteiger partial charge in [-0.25, -0.2) is 4.98 Å². The number of imidazole rings is 1. The molecule has 1 heterocycles. The smallest absolute Gasteiger partial charge is 0.106 e. The molecular weight excluding hydrogens is 242 g/mol. The number of anilines is 1. The molecule has 0 spiro atoms. The van der Waals surface area contributed by atoms with Crippen LogP contribution >= 0.6 is 11.8 Å². The van der Waals surface area contributed by atoms with Crippen molar-refractivity contribution in [3.63, 3.8) is 0 Å². The number of hydrogen-bond acceptors (Lipinski definition) is 3. The number of nitrogens with zero attached hydrogens (tertiary/aromatic N) is 2. The lowest BCUT2D eigenvalue weighted by Gasteiger charge is -2.16. The largest absolute Gasteiger partial charge is 0.399 e. The van der Waals surface area contributed by atoms with Crippen LogP contribution in [-0.2, 0) is 0 Å². The Hall–Kier alpha value is -1.16. The van der Waals surface area contributed by atoms with Crippen molar-refractivity contribution >= 4 is 28.5 Å². The Bertz CT molecular complexity index is 533. The molecule has 0 bridgehead atoms. The van der Waals surface area contributed by atoms with E-state index in [9.17, 15) is 0 Å². The molecule has 98 valence electrons. The number of nitrogen functional groups attached to an aromatic ring is 1. The van der Waals surface area contributed by atoms with Gasteiger partial charge in [-0.2, -0.15) is 11.8 Å². The standard InChI is InChI=1S/C14H21N3S/c1-4-18-8-7-10(2)17-11(3)16-13-9-12(15)5-6-14(13)17/h5-6,9-10H,4,7-8,15H2,1-3H3. The fourth-order valence-electron chi connectivity index (χ4n) is 2.32. The monoisotopic (exact) mass is 263 g/mol. The average Bonchev–Trinajstić information content (AvgIpc) is 2.64. The van der Waals surface area contributed by atoms with Crippen molar-refractivity contribution in [2.24, 2.45) is 0 Å². The number of thioether (sulfide) groups is 1. The zero-order valence-corrected chi connectivity index (χ0v) is 12.1. The summed E-state index contributed by atoms with van der Waals surface area (Å²) in [6.45, 7) is 6.54. The Morgan fingerprint density at radius 2 is 2.22 bits per heavy atom. The van der Waals surface area contributed by atoms with Crippen LogP contribution in [0.5, 0.6) is 0 Å². The van der Waals surface area contributed by atoms with Crippen molar-refractivity contribution < 1.29 is 0 Å². The van der Waals surface area contributed by atoms with Gasteiger partial charge in [0.15, 0.2) is 0 Å². The molecule has 0 saturated heterocycles. The predicted octanol–water partition coefficient (Wildman–Crippen LogP) is 3.63. The summed E-state index contributed by atoms with van der Waals surface area (Å²) >= 11 is 1.99. The van der Waals surface area contributed by atoms with Gasteiger partial charge in [0.1, 0.15) is 5.82 Å². The van der Waals surface area contributed by atoms with Crippen LogP contribution in [0.1, 0.15) is 32.1 Å². The second-order valence-electron chi connectivity index (χ2n) is 4.61. The third-order valence-corrected chi connectivity index (χ3v) is 4.15. The zero-order chi connectivity index (χ0) is 13.1. The number of benzene rings is 1. The maximum atomic E-state index is 5.80. The third kappa shape index (κ3) is 2.64. The molecule has 0 aliphatic rings. The summed E-state index contributed by atoms with van der Waals surface area (Å²) in [5.74, 6) is 3.46. The lowest BCUT2D eigenvalue weighted by molar-refractivity contribution is 0.536. The number of fused-ring (bicyclic) bond motifs is 1. The van der Waals surface area contributed by atoms with Crippen molar-refractivity contribution in [1.29, 1.82) is 0 Å². The Kier molecular flexibility index (Phi) is 4.17. The number of rotatable bonds is 5. The van der Waals surface area contributed by atoms with Crippen molar-refractivity contribution in [3.05, 3.63) is 24.0 Å². The van der Waals surface area contributed by atoms with Crippen LogP contribution in [-0.4, -0.2) is 21.1 Å². The SMILES string of the molecule is CCSCCC(C)n1c(C)nc2cc(N)ccc21. The number of nitrogens with two attached hydrogens (primary N) is 1. The van der Waals surface area contributed by atoms with E-state index >= 15 is 0 Å². The average molecular weight is 263 g/mol. The highest BCUT2D eigenvalue weighted by Gasteiger charge is 2.13. The Morgan fingerprint density at radius 1 is 1.44 bits per heavy atom. The molecule has 1 atom stereocenters. The van der Waals surface area contributed by atoms with Crippen molar-refractivity contribution in [3.8, 4) is 0 Å². The van der Waals surface area contributed by atoms with Crippen molar-refractivity contribution in [1.82, 2.24) is 9.55 Å². The Balaban J connectivity index is 2.29. The fourth-order valence-corrected chi connectivity index (χ4v) is 3.12. The molecule has 2 rings (SSSR count). The van der Waals surface area contributed by atoms with Gasteiger partial charge in [-0.1, -0.05) is 6.92 Å².